The van der Waals surface area contributed by atoms with E-state index in [2.05, 4.69) is 25.7 Å². The molecule has 5 saturated heterocycles. The Bertz CT molecular complexity index is 4710. The molecule has 30 heteroatoms. The predicted molar refractivity (Wildman–Crippen MR) is 387 cm³/mol. The van der Waals surface area contributed by atoms with Gasteiger partial charge < -0.3 is 81.2 Å². The van der Waals surface area contributed by atoms with Crippen molar-refractivity contribution in [2.75, 3.05) is 70.7 Å². The van der Waals surface area contributed by atoms with Crippen LogP contribution in [0.1, 0.15) is 43.6 Å². The van der Waals surface area contributed by atoms with Crippen molar-refractivity contribution >= 4 is 138 Å². The number of alkyl halides is 3. The SMILES string of the molecule is ClCC1CO1.ClCCl.O=C1OCC(COc2ccc3ccccc3c2/C=N/O)O1.O=C1OCC(COc2ccc3ccccc3c2C#[N+][O-])O1.O=C=O.O=Cc1c(O)ccc2ccccc12.O=Cc1c(OCC2CO2)ccc2ccccc12.O=Cc1c(OCC2COC(=O)O2)ccc2ccccc12.[CH3-].[H-].[Na+].[Na+]. The molecule has 10 aromatic carbocycles. The standard InChI is InChI=1S/C15H13NO5.C15H11NO5.C15H12O5.C14H12O3.C11H8O2.C3H5ClO.CH2Cl2.CO2.CH3.2Na.H/c2*17-15-20-9-11(21-15)8-19-14-6-5-10-3-1-2-4-12(10)13(14)7-16-18;16-7-13-12-4-2-1-3-10(12)5-6-14(13)18-8-11-9-19-15(17)20-11;15-7-13-12-4-2-1-3-10(12)5-6-14(13)17-9-11-8-16-11;12-7-10-9-4-2-1-3-8(9)5-6-11(10)13;4-1-3-2-5-3;2*2-1-3;;;;/h1-7,11,18H,8-9H2;1-6,11H,8-9H2;1-7,11H,8-9H2;1-7,11H,8-9H2;1-7,13H;3H,1-2H2;1H2;;1H3;;;/q;;;;;;;;-1;2*+1;-1/b16-7+;;;;;;;;;;;. The van der Waals surface area contributed by atoms with Crippen LogP contribution in [0.15, 0.2) is 187 Å². The number of ether oxygens (including phenoxy) is 12. The summed E-state index contributed by atoms with van der Waals surface area (Å²) in [6.07, 6.45) is 1.09. The number of aromatic hydroxyl groups is 1. The number of carbonyl (C=O) groups is 6. The number of phenolic OH excluding ortho intramolecular Hbond substituents is 1. The summed E-state index contributed by atoms with van der Waals surface area (Å²) in [6.45, 7) is 3.12. The van der Waals surface area contributed by atoms with Gasteiger partial charge in [-0.3, -0.25) is 14.4 Å². The molecular formula is C76H67Cl3N2Na2O23. The third kappa shape index (κ3) is 26.1. The zero-order chi connectivity index (χ0) is 73.3. The van der Waals surface area contributed by atoms with E-state index in [4.69, 9.17) is 97.0 Å². The average Bonchev–Trinajstić information content (AvgIpc) is 1.82. The number of hydrogen-bond acceptors (Lipinski definition) is 24. The number of phenols is 1. The molecule has 0 amide bonds. The van der Waals surface area contributed by atoms with Crippen molar-refractivity contribution < 1.29 is 166 Å². The van der Waals surface area contributed by atoms with Gasteiger partial charge in [-0.05, 0) is 78.8 Å². The third-order valence-electron chi connectivity index (χ3n) is 15.0. The molecule has 0 spiro atoms. The molecule has 0 radical (unpaired) electrons. The second-order valence-corrected chi connectivity index (χ2v) is 22.8. The van der Waals surface area contributed by atoms with E-state index in [1.54, 1.807) is 24.3 Å². The smallest absolute Gasteiger partial charge is 1.00 e. The van der Waals surface area contributed by atoms with Gasteiger partial charge in [-0.25, -0.2) is 14.4 Å². The van der Waals surface area contributed by atoms with Crippen LogP contribution in [0.5, 0.6) is 28.7 Å². The maximum atomic E-state index is 11.3. The molecule has 0 aliphatic carbocycles. The summed E-state index contributed by atoms with van der Waals surface area (Å²) in [6, 6.07) is 58.5. The summed E-state index contributed by atoms with van der Waals surface area (Å²) < 4.78 is 61.0. The zero-order valence-corrected chi connectivity index (χ0v) is 63.6. The molecule has 5 aliphatic heterocycles. The van der Waals surface area contributed by atoms with Gasteiger partial charge in [-0.1, -0.05) is 157 Å². The normalized spacial score (nSPS) is 16.2. The van der Waals surface area contributed by atoms with E-state index in [1.165, 1.54) is 12.3 Å². The van der Waals surface area contributed by atoms with Gasteiger partial charge in [0.25, 0.3) is 0 Å². The van der Waals surface area contributed by atoms with Gasteiger partial charge in [-0.15, -0.1) is 34.8 Å². The summed E-state index contributed by atoms with van der Waals surface area (Å²) in [4.78, 5) is 81.9. The van der Waals surface area contributed by atoms with E-state index in [9.17, 15) is 39.1 Å². The first-order valence-electron chi connectivity index (χ1n) is 31.1. The van der Waals surface area contributed by atoms with Crippen molar-refractivity contribution in [3.8, 4) is 34.8 Å². The monoisotopic (exact) mass is 1530 g/mol. The van der Waals surface area contributed by atoms with Crippen LogP contribution in [-0.2, 0) is 47.5 Å². The maximum absolute atomic E-state index is 11.3. The summed E-state index contributed by atoms with van der Waals surface area (Å²) in [5, 5.41) is 44.0. The van der Waals surface area contributed by atoms with E-state index in [0.717, 1.165) is 79.6 Å². The Labute approximate surface area is 667 Å². The largest absolute Gasteiger partial charge is 1.00 e. The molecule has 15 rings (SSSR count). The van der Waals surface area contributed by atoms with Crippen molar-refractivity contribution in [3.63, 3.8) is 0 Å². The van der Waals surface area contributed by atoms with Crippen LogP contribution in [0.4, 0.5) is 14.4 Å². The Morgan fingerprint density at radius 3 is 1.08 bits per heavy atom. The van der Waals surface area contributed by atoms with Crippen LogP contribution in [0, 0.1) is 18.7 Å². The Morgan fingerprint density at radius 1 is 0.462 bits per heavy atom. The van der Waals surface area contributed by atoms with Gasteiger partial charge in [0.1, 0.15) is 81.1 Å². The van der Waals surface area contributed by atoms with Crippen LogP contribution in [0.25, 0.3) is 58.9 Å². The molecule has 0 bridgehead atoms. The second kappa shape index (κ2) is 46.3. The summed E-state index contributed by atoms with van der Waals surface area (Å²) in [5.41, 5.74) is 2.62. The van der Waals surface area contributed by atoms with Gasteiger partial charge in [0.15, 0.2) is 42.7 Å². The summed E-state index contributed by atoms with van der Waals surface area (Å²) in [7, 11) is 0. The van der Waals surface area contributed by atoms with Gasteiger partial charge in [0.05, 0.1) is 53.4 Å². The molecular weight excluding hydrogens is 1460 g/mol. The van der Waals surface area contributed by atoms with Crippen molar-refractivity contribution in [2.45, 2.75) is 30.5 Å². The number of hydrogen-bond donors (Lipinski definition) is 2. The Balaban J connectivity index is 0.000000272. The Hall–Kier alpha value is -9.75. The van der Waals surface area contributed by atoms with Crippen LogP contribution in [0.2, 0.25) is 0 Å². The van der Waals surface area contributed by atoms with Crippen LogP contribution in [-0.4, -0.2) is 161 Å². The van der Waals surface area contributed by atoms with Gasteiger partial charge in [0.2, 0.25) is 0 Å². The summed E-state index contributed by atoms with van der Waals surface area (Å²) >= 11 is 14.8. The van der Waals surface area contributed by atoms with Crippen molar-refractivity contribution in [1.82, 2.24) is 0 Å². The number of halogens is 3. The maximum Gasteiger partial charge on any atom is 1.00 e. The number of cyclic esters (lactones) is 6. The van der Waals surface area contributed by atoms with E-state index >= 15 is 0 Å². The number of fused-ring (bicyclic) bond motifs is 5. The van der Waals surface area contributed by atoms with E-state index in [-0.39, 0.29) is 131 Å². The molecule has 5 fully saturated rings. The minimum atomic E-state index is -0.699. The molecule has 2 N–H and O–H groups in total. The number of epoxide rings is 2. The molecule has 542 valence electrons. The molecule has 10 aromatic rings. The number of carbonyl (C=O) groups excluding carboxylic acids is 8. The molecule has 5 atom stereocenters. The predicted octanol–water partition coefficient (Wildman–Crippen LogP) is 8.88. The molecule has 5 aliphatic rings. The Morgan fingerprint density at radius 2 is 0.764 bits per heavy atom. The first kappa shape index (κ1) is 86.9. The number of oxime groups is 1. The first-order chi connectivity index (χ1) is 50.3. The second-order valence-electron chi connectivity index (χ2n) is 21.7. The quantitative estimate of drug-likeness (QED) is 0.00820. The fourth-order valence-corrected chi connectivity index (χ4v) is 10.2. The van der Waals surface area contributed by atoms with Gasteiger partial charge >= 0.3 is 89.8 Å². The molecule has 106 heavy (non-hydrogen) atoms. The average molecular weight is 1530 g/mol. The third-order valence-corrected chi connectivity index (χ3v) is 15.3. The zero-order valence-electron chi connectivity index (χ0n) is 58.3. The molecule has 5 unspecified atom stereocenters. The minimum absolute atomic E-state index is 0. The van der Waals surface area contributed by atoms with E-state index in [1.807, 2.05) is 152 Å². The molecule has 0 saturated carbocycles. The summed E-state index contributed by atoms with van der Waals surface area (Å²) in [5.74, 6) is 2.82. The number of rotatable bonds is 17. The minimum Gasteiger partial charge on any atom is -1.00 e. The number of benzene rings is 10. The van der Waals surface area contributed by atoms with E-state index in [0.29, 0.717) is 75.7 Å². The molecule has 0 aromatic heterocycles. The first-order valence-corrected chi connectivity index (χ1v) is 32.7. The fraction of sp³-hybridized carbons (Fsp3) is 0.211. The van der Waals surface area contributed by atoms with Gasteiger partial charge in [-0.2, -0.15) is 9.59 Å². The van der Waals surface area contributed by atoms with Gasteiger partial charge in [0, 0.05) is 16.0 Å². The van der Waals surface area contributed by atoms with Crippen LogP contribution < -0.4 is 78.1 Å². The molecule has 25 nitrogen and oxygen atoms in total. The van der Waals surface area contributed by atoms with Crippen LogP contribution >= 0.6 is 34.8 Å². The van der Waals surface area contributed by atoms with E-state index < -0.39 is 36.8 Å². The van der Waals surface area contributed by atoms with Crippen LogP contribution in [0.3, 0.4) is 0 Å². The van der Waals surface area contributed by atoms with Crippen molar-refractivity contribution in [1.29, 1.82) is 0 Å². The molecule has 5 heterocycles. The Kier molecular flexibility index (Phi) is 37.9. The fourth-order valence-electron chi connectivity index (χ4n) is 9.97. The number of aldehydes is 3. The van der Waals surface area contributed by atoms with Crippen molar-refractivity contribution in [3.05, 3.63) is 227 Å². The topological polar surface area (TPSA) is 334 Å². The van der Waals surface area contributed by atoms with Crippen molar-refractivity contribution in [2.24, 2.45) is 5.16 Å². The number of nitrogens with zero attached hydrogens (tertiary/aromatic N) is 2.